The van der Waals surface area contributed by atoms with Gasteiger partial charge in [-0.3, -0.25) is 9.97 Å². The molecule has 3 aromatic heterocycles. The van der Waals surface area contributed by atoms with Crippen LogP contribution in [0.15, 0.2) is 82.3 Å². The normalized spacial score (nSPS) is 11.5. The minimum atomic E-state index is -0.614. The van der Waals surface area contributed by atoms with E-state index in [0.29, 0.717) is 38.6 Å². The Kier molecular flexibility index (Phi) is 3.89. The molecule has 0 bridgehead atoms. The first-order valence-corrected chi connectivity index (χ1v) is 10.2. The maximum atomic E-state index is 13.2. The van der Waals surface area contributed by atoms with E-state index in [1.807, 2.05) is 43.3 Å². The molecule has 3 aromatic carbocycles. The summed E-state index contributed by atoms with van der Waals surface area (Å²) in [4.78, 5) is 25.6. The van der Waals surface area contributed by atoms with Gasteiger partial charge in [0.15, 0.2) is 0 Å². The van der Waals surface area contributed by atoms with Crippen molar-refractivity contribution in [3.8, 4) is 28.1 Å². The van der Waals surface area contributed by atoms with Crippen molar-refractivity contribution >= 4 is 32.9 Å². The smallest absolute Gasteiger partial charge is 0.348 e. The van der Waals surface area contributed by atoms with Gasteiger partial charge in [-0.25, -0.2) is 4.79 Å². The lowest BCUT2D eigenvalue weighted by Crippen LogP contribution is -2.04. The molecule has 0 aliphatic carbocycles. The lowest BCUT2D eigenvalue weighted by atomic mass is 9.96. The summed E-state index contributed by atoms with van der Waals surface area (Å²) in [6.07, 6.45) is 3.25. The van der Waals surface area contributed by atoms with E-state index in [0.717, 1.165) is 16.6 Å². The maximum absolute atomic E-state index is 13.2. The van der Waals surface area contributed by atoms with E-state index in [9.17, 15) is 9.90 Å². The number of aromatic nitrogens is 3. The summed E-state index contributed by atoms with van der Waals surface area (Å²) in [5.41, 5.74) is 5.17. The molecule has 6 heteroatoms. The molecule has 0 atom stereocenters. The predicted molar refractivity (Wildman–Crippen MR) is 125 cm³/mol. The van der Waals surface area contributed by atoms with Crippen LogP contribution in [0.5, 0.6) is 5.75 Å². The van der Waals surface area contributed by atoms with E-state index in [4.69, 9.17) is 4.42 Å². The van der Waals surface area contributed by atoms with Crippen molar-refractivity contribution < 1.29 is 9.52 Å². The first-order valence-electron chi connectivity index (χ1n) is 10.2. The van der Waals surface area contributed by atoms with Crippen molar-refractivity contribution in [3.05, 3.63) is 89.0 Å². The second kappa shape index (κ2) is 6.78. The van der Waals surface area contributed by atoms with E-state index in [2.05, 4.69) is 15.0 Å². The van der Waals surface area contributed by atoms with Gasteiger partial charge in [-0.05, 0) is 42.8 Å². The van der Waals surface area contributed by atoms with Gasteiger partial charge in [-0.15, -0.1) is 0 Å². The second-order valence-corrected chi connectivity index (χ2v) is 7.77. The van der Waals surface area contributed by atoms with Crippen LogP contribution in [0.1, 0.15) is 5.56 Å². The minimum Gasteiger partial charge on any atom is -0.506 e. The van der Waals surface area contributed by atoms with Crippen LogP contribution in [0.3, 0.4) is 0 Å². The zero-order valence-electron chi connectivity index (χ0n) is 17.1. The highest BCUT2D eigenvalue weighted by Crippen LogP contribution is 2.44. The molecule has 6 nitrogen and oxygen atoms in total. The quantitative estimate of drug-likeness (QED) is 0.358. The lowest BCUT2D eigenvalue weighted by molar-refractivity contribution is 0.471. The number of fused-ring (bicyclic) bond motifs is 4. The monoisotopic (exact) mass is 419 g/mol. The molecule has 0 saturated heterocycles. The number of para-hydroxylation sites is 1. The van der Waals surface area contributed by atoms with Crippen molar-refractivity contribution in [2.45, 2.75) is 6.92 Å². The molecule has 154 valence electrons. The molecule has 0 unspecified atom stereocenters. The number of nitrogens with zero attached hydrogens (tertiary/aromatic N) is 2. The van der Waals surface area contributed by atoms with E-state index < -0.39 is 5.63 Å². The van der Waals surface area contributed by atoms with Crippen LogP contribution in [0.4, 0.5) is 0 Å². The van der Waals surface area contributed by atoms with Gasteiger partial charge >= 0.3 is 5.63 Å². The molecule has 32 heavy (non-hydrogen) atoms. The van der Waals surface area contributed by atoms with Crippen LogP contribution in [0, 0.1) is 6.92 Å². The molecule has 0 aliphatic rings. The van der Waals surface area contributed by atoms with Gasteiger partial charge in [0.05, 0.1) is 22.1 Å². The van der Waals surface area contributed by atoms with Crippen molar-refractivity contribution in [3.63, 3.8) is 0 Å². The molecular formula is C26H17N3O3. The first-order chi connectivity index (χ1) is 15.6. The van der Waals surface area contributed by atoms with Gasteiger partial charge in [0.2, 0.25) is 0 Å². The number of hydrogen-bond donors (Lipinski definition) is 2. The van der Waals surface area contributed by atoms with Crippen LogP contribution in [-0.2, 0) is 0 Å². The van der Waals surface area contributed by atoms with Gasteiger partial charge in [0.25, 0.3) is 0 Å². The van der Waals surface area contributed by atoms with Gasteiger partial charge in [-0.1, -0.05) is 35.9 Å². The highest BCUT2D eigenvalue weighted by Gasteiger charge is 2.25. The summed E-state index contributed by atoms with van der Waals surface area (Å²) in [5.74, 6) is -0.118. The molecule has 6 aromatic rings. The summed E-state index contributed by atoms with van der Waals surface area (Å²) < 4.78 is 5.61. The fourth-order valence-electron chi connectivity index (χ4n) is 4.34. The number of aryl methyl sites for hydroxylation is 1. The molecule has 0 spiro atoms. The molecule has 0 aliphatic heterocycles. The fourth-order valence-corrected chi connectivity index (χ4v) is 4.34. The maximum Gasteiger partial charge on any atom is 0.348 e. The van der Waals surface area contributed by atoms with E-state index in [-0.39, 0.29) is 11.3 Å². The SMILES string of the molecule is Cc1cccc(-c2[nH]c3ccc4nccnc4c3c2-c2c(O)c3ccccc3oc2=O)c1. The Morgan fingerprint density at radius 3 is 2.66 bits per heavy atom. The average Bonchev–Trinajstić information content (AvgIpc) is 3.19. The number of nitrogens with one attached hydrogen (secondary N) is 1. The second-order valence-electron chi connectivity index (χ2n) is 7.77. The van der Waals surface area contributed by atoms with Crippen LogP contribution < -0.4 is 5.63 Å². The molecule has 0 radical (unpaired) electrons. The zero-order chi connectivity index (χ0) is 21.8. The molecule has 3 heterocycles. The Hall–Kier alpha value is -4.45. The Balaban J connectivity index is 1.84. The third kappa shape index (κ3) is 2.63. The van der Waals surface area contributed by atoms with Crippen LogP contribution in [0.2, 0.25) is 0 Å². The zero-order valence-corrected chi connectivity index (χ0v) is 17.1. The number of hydrogen-bond acceptors (Lipinski definition) is 5. The van der Waals surface area contributed by atoms with Gasteiger partial charge in [0.1, 0.15) is 16.9 Å². The number of H-pyrrole nitrogens is 1. The number of benzene rings is 3. The van der Waals surface area contributed by atoms with Crippen LogP contribution in [-0.4, -0.2) is 20.1 Å². The molecule has 0 amide bonds. The summed E-state index contributed by atoms with van der Waals surface area (Å²) in [7, 11) is 0. The third-order valence-electron chi connectivity index (χ3n) is 5.74. The minimum absolute atomic E-state index is 0.101. The Morgan fingerprint density at radius 1 is 0.938 bits per heavy atom. The van der Waals surface area contributed by atoms with Crippen LogP contribution >= 0.6 is 0 Å². The standard InChI is InChI=1S/C26H17N3O3/c1-14-5-4-6-15(13-14)23-21(20-17(29-23)9-10-18-24(20)28-12-11-27-18)22-25(30)16-7-2-3-8-19(16)32-26(22)31/h2-13,29-30H,1H3. The molecule has 2 N–H and O–H groups in total. The average molecular weight is 419 g/mol. The number of aromatic amines is 1. The largest absolute Gasteiger partial charge is 0.506 e. The highest BCUT2D eigenvalue weighted by atomic mass is 16.4. The first kappa shape index (κ1) is 18.3. The van der Waals surface area contributed by atoms with Crippen molar-refractivity contribution in [1.82, 2.24) is 15.0 Å². The van der Waals surface area contributed by atoms with Crippen molar-refractivity contribution in [1.29, 1.82) is 0 Å². The lowest BCUT2D eigenvalue weighted by Gasteiger charge is -2.10. The molecule has 0 saturated carbocycles. The topological polar surface area (TPSA) is 92.0 Å². The van der Waals surface area contributed by atoms with Gasteiger partial charge < -0.3 is 14.5 Å². The summed E-state index contributed by atoms with van der Waals surface area (Å²) >= 11 is 0. The molecular weight excluding hydrogens is 402 g/mol. The number of aromatic hydroxyl groups is 1. The fraction of sp³-hybridized carbons (Fsp3) is 0.0385. The van der Waals surface area contributed by atoms with E-state index in [1.165, 1.54) is 0 Å². The van der Waals surface area contributed by atoms with Crippen molar-refractivity contribution in [2.75, 3.05) is 0 Å². The third-order valence-corrected chi connectivity index (χ3v) is 5.74. The van der Waals surface area contributed by atoms with Crippen LogP contribution in [0.25, 0.3) is 55.3 Å². The Labute approximate surface area is 181 Å². The van der Waals surface area contributed by atoms with Gasteiger partial charge in [-0.2, -0.15) is 0 Å². The summed E-state index contributed by atoms with van der Waals surface area (Å²) in [6, 6.07) is 18.7. The summed E-state index contributed by atoms with van der Waals surface area (Å²) in [6.45, 7) is 2.01. The Morgan fingerprint density at radius 2 is 1.78 bits per heavy atom. The Bertz CT molecular complexity index is 1730. The number of rotatable bonds is 2. The van der Waals surface area contributed by atoms with E-state index in [1.54, 1.807) is 36.7 Å². The molecule has 0 fully saturated rings. The van der Waals surface area contributed by atoms with Gasteiger partial charge in [0, 0.05) is 28.9 Å². The van der Waals surface area contributed by atoms with E-state index >= 15 is 0 Å². The van der Waals surface area contributed by atoms with Crippen molar-refractivity contribution in [2.24, 2.45) is 0 Å². The highest BCUT2D eigenvalue weighted by molar-refractivity contribution is 6.16. The predicted octanol–water partition coefficient (Wildman–Crippen LogP) is 5.57. The molecule has 6 rings (SSSR count). The summed E-state index contributed by atoms with van der Waals surface area (Å²) in [5, 5.41) is 12.4.